The van der Waals surface area contributed by atoms with Crippen LogP contribution in [-0.2, 0) is 4.79 Å². The van der Waals surface area contributed by atoms with Crippen molar-refractivity contribution in [3.05, 3.63) is 60.9 Å². The molecule has 8 nitrogen and oxygen atoms in total. The van der Waals surface area contributed by atoms with Gasteiger partial charge in [-0.1, -0.05) is 25.1 Å². The van der Waals surface area contributed by atoms with Crippen molar-refractivity contribution in [1.82, 2.24) is 14.9 Å². The van der Waals surface area contributed by atoms with Crippen molar-refractivity contribution in [2.75, 3.05) is 25.0 Å². The standard InChI is InChI=1S/C27H30F2N4O4/c1-2-22(17-33-12-10-19(11-13-33)25(34)35)36-24-5-3-4-21(14-24)32-27-30-15-20(16-31-27)18-6-8-23(9-7-18)37-26(28)29/h3-9,14-16,19,22,26H,2,10-13,17H2,1H3,(H,34,35)(H,30,31,32). The summed E-state index contributed by atoms with van der Waals surface area (Å²) in [5.41, 5.74) is 2.29. The minimum Gasteiger partial charge on any atom is -0.489 e. The molecule has 2 N–H and O–H groups in total. The van der Waals surface area contributed by atoms with E-state index in [1.165, 1.54) is 12.1 Å². The number of piperidine rings is 1. The summed E-state index contributed by atoms with van der Waals surface area (Å²) in [5.74, 6) is 0.270. The molecule has 2 heterocycles. The largest absolute Gasteiger partial charge is 0.489 e. The number of benzene rings is 2. The molecule has 0 amide bonds. The van der Waals surface area contributed by atoms with Crippen LogP contribution >= 0.6 is 0 Å². The second-order valence-electron chi connectivity index (χ2n) is 8.91. The zero-order valence-corrected chi connectivity index (χ0v) is 20.5. The van der Waals surface area contributed by atoms with Gasteiger partial charge in [0.05, 0.1) is 5.92 Å². The Hall–Kier alpha value is -3.79. The van der Waals surface area contributed by atoms with Crippen molar-refractivity contribution in [2.24, 2.45) is 5.92 Å². The number of hydrogen-bond donors (Lipinski definition) is 2. The number of rotatable bonds is 11. The number of alkyl halides is 2. The van der Waals surface area contributed by atoms with Crippen LogP contribution in [0, 0.1) is 5.92 Å². The third-order valence-corrected chi connectivity index (χ3v) is 6.31. The molecule has 1 aromatic heterocycles. The molecule has 2 aromatic carbocycles. The minimum atomic E-state index is -2.86. The van der Waals surface area contributed by atoms with Crippen LogP contribution in [-0.4, -0.2) is 58.3 Å². The van der Waals surface area contributed by atoms with Gasteiger partial charge in [-0.3, -0.25) is 9.69 Å². The average molecular weight is 513 g/mol. The van der Waals surface area contributed by atoms with Crippen LogP contribution in [0.3, 0.4) is 0 Å². The smallest absolute Gasteiger partial charge is 0.387 e. The number of carboxylic acid groups (broad SMARTS) is 1. The molecule has 0 saturated carbocycles. The summed E-state index contributed by atoms with van der Waals surface area (Å²) in [6.07, 6.45) is 5.46. The summed E-state index contributed by atoms with van der Waals surface area (Å²) in [6, 6.07) is 13.9. The summed E-state index contributed by atoms with van der Waals surface area (Å²) in [6.45, 7) is 1.49. The van der Waals surface area contributed by atoms with E-state index < -0.39 is 12.6 Å². The van der Waals surface area contributed by atoms with Crippen LogP contribution in [0.4, 0.5) is 20.4 Å². The molecule has 0 radical (unpaired) electrons. The first-order valence-corrected chi connectivity index (χ1v) is 12.3. The number of nitrogens with zero attached hydrogens (tertiary/aromatic N) is 3. The third kappa shape index (κ3) is 7.60. The lowest BCUT2D eigenvalue weighted by Gasteiger charge is -2.32. The molecule has 1 atom stereocenters. The number of aliphatic carboxylic acids is 1. The molecule has 10 heteroatoms. The van der Waals surface area contributed by atoms with Crippen LogP contribution in [0.5, 0.6) is 11.5 Å². The molecule has 1 fully saturated rings. The van der Waals surface area contributed by atoms with Gasteiger partial charge in [0.15, 0.2) is 0 Å². The van der Waals surface area contributed by atoms with E-state index in [4.69, 9.17) is 4.74 Å². The van der Waals surface area contributed by atoms with Crippen molar-refractivity contribution in [3.63, 3.8) is 0 Å². The number of hydrogen-bond acceptors (Lipinski definition) is 7. The van der Waals surface area contributed by atoms with Crippen molar-refractivity contribution >= 4 is 17.6 Å². The molecule has 0 bridgehead atoms. The highest BCUT2D eigenvalue weighted by Gasteiger charge is 2.26. The summed E-state index contributed by atoms with van der Waals surface area (Å²) in [4.78, 5) is 22.2. The number of ether oxygens (including phenoxy) is 2. The van der Waals surface area contributed by atoms with Gasteiger partial charge in [-0.15, -0.1) is 0 Å². The predicted molar refractivity (Wildman–Crippen MR) is 135 cm³/mol. The third-order valence-electron chi connectivity index (χ3n) is 6.31. The highest BCUT2D eigenvalue weighted by molar-refractivity contribution is 5.70. The van der Waals surface area contributed by atoms with E-state index in [0.717, 1.165) is 48.6 Å². The van der Waals surface area contributed by atoms with Gasteiger partial charge in [-0.2, -0.15) is 8.78 Å². The Morgan fingerprint density at radius 3 is 2.38 bits per heavy atom. The Kier molecular flexibility index (Phi) is 8.84. The maximum Gasteiger partial charge on any atom is 0.387 e. The second-order valence-corrected chi connectivity index (χ2v) is 8.91. The first-order valence-electron chi connectivity index (χ1n) is 12.3. The van der Waals surface area contributed by atoms with Crippen LogP contribution in [0.1, 0.15) is 26.2 Å². The van der Waals surface area contributed by atoms with Crippen molar-refractivity contribution < 1.29 is 28.2 Å². The lowest BCUT2D eigenvalue weighted by Crippen LogP contribution is -2.41. The summed E-state index contributed by atoms with van der Waals surface area (Å²) < 4.78 is 35.3. The Morgan fingerprint density at radius 1 is 1.05 bits per heavy atom. The van der Waals surface area contributed by atoms with Gasteiger partial charge in [0, 0.05) is 36.3 Å². The maximum atomic E-state index is 12.3. The molecule has 1 aliphatic heterocycles. The van der Waals surface area contributed by atoms with Crippen LogP contribution in [0.2, 0.25) is 0 Å². The van der Waals surface area contributed by atoms with Crippen molar-refractivity contribution in [3.8, 4) is 22.6 Å². The Labute approximate surface area is 214 Å². The molecule has 196 valence electrons. The lowest BCUT2D eigenvalue weighted by molar-refractivity contribution is -0.143. The molecule has 1 aliphatic rings. The van der Waals surface area contributed by atoms with Crippen LogP contribution in [0.15, 0.2) is 60.9 Å². The number of carboxylic acids is 1. The highest BCUT2D eigenvalue weighted by atomic mass is 19.3. The Morgan fingerprint density at radius 2 is 1.76 bits per heavy atom. The lowest BCUT2D eigenvalue weighted by atomic mass is 9.97. The van der Waals surface area contributed by atoms with E-state index >= 15 is 0 Å². The van der Waals surface area contributed by atoms with E-state index in [1.807, 2.05) is 24.3 Å². The van der Waals surface area contributed by atoms with E-state index in [0.29, 0.717) is 18.8 Å². The summed E-state index contributed by atoms with van der Waals surface area (Å²) in [7, 11) is 0. The van der Waals surface area contributed by atoms with Gasteiger partial charge in [0.25, 0.3) is 0 Å². The fourth-order valence-corrected chi connectivity index (χ4v) is 4.24. The van der Waals surface area contributed by atoms with Crippen LogP contribution in [0.25, 0.3) is 11.1 Å². The van der Waals surface area contributed by atoms with Gasteiger partial charge < -0.3 is 19.9 Å². The molecule has 0 spiro atoms. The fraction of sp³-hybridized carbons (Fsp3) is 0.370. The first kappa shape index (κ1) is 26.3. The quantitative estimate of drug-likeness (QED) is 0.351. The molecule has 4 rings (SSSR count). The molecule has 3 aromatic rings. The number of halogens is 2. The molecular formula is C27H30F2N4O4. The van der Waals surface area contributed by atoms with Gasteiger partial charge in [0.1, 0.15) is 17.6 Å². The second kappa shape index (κ2) is 12.4. The number of anilines is 2. The highest BCUT2D eigenvalue weighted by Crippen LogP contribution is 2.25. The molecule has 0 aliphatic carbocycles. The van der Waals surface area contributed by atoms with Gasteiger partial charge in [0.2, 0.25) is 5.95 Å². The zero-order chi connectivity index (χ0) is 26.2. The van der Waals surface area contributed by atoms with Crippen LogP contribution < -0.4 is 14.8 Å². The number of nitrogens with one attached hydrogen (secondary N) is 1. The molecule has 1 saturated heterocycles. The summed E-state index contributed by atoms with van der Waals surface area (Å²) >= 11 is 0. The van der Waals surface area contributed by atoms with Crippen molar-refractivity contribution in [2.45, 2.75) is 38.9 Å². The van der Waals surface area contributed by atoms with E-state index in [1.54, 1.807) is 24.5 Å². The average Bonchev–Trinajstić information content (AvgIpc) is 2.89. The number of aromatic nitrogens is 2. The predicted octanol–water partition coefficient (Wildman–Crippen LogP) is 5.44. The fourth-order valence-electron chi connectivity index (χ4n) is 4.24. The SMILES string of the molecule is CCC(CN1CCC(C(=O)O)CC1)Oc1cccc(Nc2ncc(-c3ccc(OC(F)F)cc3)cn2)c1. The molecule has 1 unspecified atom stereocenters. The zero-order valence-electron chi connectivity index (χ0n) is 20.5. The Bertz CT molecular complexity index is 1150. The van der Waals surface area contributed by atoms with E-state index in [9.17, 15) is 18.7 Å². The topological polar surface area (TPSA) is 96.8 Å². The first-order chi connectivity index (χ1) is 17.9. The van der Waals surface area contributed by atoms with Crippen molar-refractivity contribution in [1.29, 1.82) is 0 Å². The molecular weight excluding hydrogens is 482 g/mol. The normalized spacial score (nSPS) is 15.4. The van der Waals surface area contributed by atoms with Gasteiger partial charge in [-0.05, 0) is 62.2 Å². The number of likely N-dealkylation sites (tertiary alicyclic amines) is 1. The van der Waals surface area contributed by atoms with E-state index in [2.05, 4.69) is 31.8 Å². The maximum absolute atomic E-state index is 12.3. The number of carbonyl (C=O) groups is 1. The summed E-state index contributed by atoms with van der Waals surface area (Å²) in [5, 5.41) is 12.4. The van der Waals surface area contributed by atoms with Gasteiger partial charge in [-0.25, -0.2) is 9.97 Å². The minimum absolute atomic E-state index is 0.00959. The van der Waals surface area contributed by atoms with Gasteiger partial charge >= 0.3 is 12.6 Å². The monoisotopic (exact) mass is 512 g/mol. The van der Waals surface area contributed by atoms with E-state index in [-0.39, 0.29) is 17.8 Å². The Balaban J connectivity index is 1.32. The molecule has 37 heavy (non-hydrogen) atoms.